The number of rotatable bonds is 4. The topological polar surface area (TPSA) is 32.3 Å². The summed E-state index contributed by atoms with van der Waals surface area (Å²) in [6.45, 7) is 8.87. The summed E-state index contributed by atoms with van der Waals surface area (Å²) in [7, 11) is 0. The molecule has 2 bridgehead atoms. The van der Waals surface area contributed by atoms with Crippen LogP contribution < -0.4 is 5.32 Å². The first-order valence-corrected chi connectivity index (χ1v) is 8.61. The van der Waals surface area contributed by atoms with Crippen molar-refractivity contribution in [3.63, 3.8) is 0 Å². The highest BCUT2D eigenvalue weighted by atomic mass is 16.2. The molecule has 3 fully saturated rings. The minimum Gasteiger partial charge on any atom is -0.322 e. The van der Waals surface area contributed by atoms with Crippen LogP contribution in [-0.4, -0.2) is 29.1 Å². The Kier molecular flexibility index (Phi) is 3.83. The predicted octanol–water partition coefficient (Wildman–Crippen LogP) is 3.00. The molecule has 0 radical (unpaired) electrons. The normalized spacial score (nSPS) is 42.0. The second kappa shape index (κ2) is 5.32. The van der Waals surface area contributed by atoms with Gasteiger partial charge in [-0.25, -0.2) is 0 Å². The number of hydrogen-bond acceptors (Lipinski definition) is 2. The fourth-order valence-corrected chi connectivity index (χ4v) is 4.71. The zero-order chi connectivity index (χ0) is 14.4. The average molecular weight is 278 g/mol. The molecule has 3 rings (SSSR count). The molecule has 3 heteroatoms. The summed E-state index contributed by atoms with van der Waals surface area (Å²) >= 11 is 0. The Morgan fingerprint density at radius 1 is 1.25 bits per heavy atom. The van der Waals surface area contributed by atoms with E-state index in [9.17, 15) is 4.79 Å². The molecule has 1 saturated heterocycles. The largest absolute Gasteiger partial charge is 0.322 e. The first-order chi connectivity index (χ1) is 9.52. The minimum absolute atomic E-state index is 0.0477. The highest BCUT2D eigenvalue weighted by Gasteiger charge is 2.51. The van der Waals surface area contributed by atoms with Crippen LogP contribution in [0.25, 0.3) is 0 Å². The van der Waals surface area contributed by atoms with E-state index in [0.717, 1.165) is 18.3 Å². The van der Waals surface area contributed by atoms with Crippen molar-refractivity contribution >= 4 is 5.91 Å². The summed E-state index contributed by atoms with van der Waals surface area (Å²) in [4.78, 5) is 15.2. The lowest BCUT2D eigenvalue weighted by Crippen LogP contribution is -2.49. The summed E-state index contributed by atoms with van der Waals surface area (Å²) in [5.41, 5.74) is 0. The van der Waals surface area contributed by atoms with E-state index >= 15 is 0 Å². The number of nitrogens with one attached hydrogen (secondary N) is 1. The second-order valence-electron chi connectivity index (χ2n) is 7.71. The van der Waals surface area contributed by atoms with Gasteiger partial charge in [0.15, 0.2) is 0 Å². The third kappa shape index (κ3) is 2.18. The second-order valence-corrected chi connectivity index (χ2v) is 7.71. The van der Waals surface area contributed by atoms with Crippen molar-refractivity contribution in [3.05, 3.63) is 0 Å². The Morgan fingerprint density at radius 3 is 2.50 bits per heavy atom. The van der Waals surface area contributed by atoms with Crippen LogP contribution in [0.3, 0.4) is 0 Å². The first-order valence-electron chi connectivity index (χ1n) is 8.61. The molecule has 6 unspecified atom stereocenters. The summed E-state index contributed by atoms with van der Waals surface area (Å²) in [6.07, 6.45) is 6.70. The van der Waals surface area contributed by atoms with Gasteiger partial charge in [-0.1, -0.05) is 40.5 Å². The molecule has 1 aliphatic heterocycles. The van der Waals surface area contributed by atoms with Gasteiger partial charge >= 0.3 is 0 Å². The molecule has 0 aromatic rings. The molecule has 2 saturated carbocycles. The molecular formula is C17H30N2O. The summed E-state index contributed by atoms with van der Waals surface area (Å²) in [5, 5.41) is 3.65. The molecule has 3 aliphatic rings. The number of amides is 1. The van der Waals surface area contributed by atoms with E-state index in [4.69, 9.17) is 0 Å². The van der Waals surface area contributed by atoms with E-state index in [0.29, 0.717) is 23.8 Å². The molecule has 1 N–H and O–H groups in total. The molecule has 1 amide bonds. The lowest BCUT2D eigenvalue weighted by Gasteiger charge is -2.37. The molecule has 114 valence electrons. The van der Waals surface area contributed by atoms with Gasteiger partial charge in [0.1, 0.15) is 0 Å². The third-order valence-corrected chi connectivity index (χ3v) is 6.07. The van der Waals surface area contributed by atoms with Crippen molar-refractivity contribution in [2.75, 3.05) is 0 Å². The molecule has 6 atom stereocenters. The van der Waals surface area contributed by atoms with Crippen LogP contribution in [0.4, 0.5) is 0 Å². The van der Waals surface area contributed by atoms with E-state index in [1.54, 1.807) is 0 Å². The van der Waals surface area contributed by atoms with Gasteiger partial charge in [0.05, 0.1) is 12.2 Å². The summed E-state index contributed by atoms with van der Waals surface area (Å²) in [5.74, 6) is 2.99. The standard InChI is InChI=1S/C17H30N2O/c1-5-11(4)15-17(20)19(16(18-15)10(2)3)14-9-12-6-7-13(14)8-12/h10-16,18H,5-9H2,1-4H3. The minimum atomic E-state index is 0.0477. The number of carbonyl (C=O) groups excluding carboxylic acids is 1. The maximum absolute atomic E-state index is 12.9. The monoisotopic (exact) mass is 278 g/mol. The van der Waals surface area contributed by atoms with Gasteiger partial charge in [0, 0.05) is 6.04 Å². The molecule has 0 aromatic carbocycles. The maximum atomic E-state index is 12.9. The summed E-state index contributed by atoms with van der Waals surface area (Å²) in [6, 6.07) is 0.571. The zero-order valence-electron chi connectivity index (χ0n) is 13.4. The highest BCUT2D eigenvalue weighted by molar-refractivity contribution is 5.85. The molecule has 3 nitrogen and oxygen atoms in total. The average Bonchev–Trinajstić information content (AvgIpc) is 3.10. The van der Waals surface area contributed by atoms with Gasteiger partial charge in [0.2, 0.25) is 5.91 Å². The lowest BCUT2D eigenvalue weighted by molar-refractivity contribution is -0.134. The van der Waals surface area contributed by atoms with Gasteiger partial charge in [-0.3, -0.25) is 10.1 Å². The number of fused-ring (bicyclic) bond motifs is 2. The van der Waals surface area contributed by atoms with Gasteiger partial charge in [-0.15, -0.1) is 0 Å². The lowest BCUT2D eigenvalue weighted by atomic mass is 9.92. The van der Waals surface area contributed by atoms with Crippen LogP contribution in [0.15, 0.2) is 0 Å². The van der Waals surface area contributed by atoms with Crippen LogP contribution in [0.2, 0.25) is 0 Å². The molecule has 0 aromatic heterocycles. The number of nitrogens with zero attached hydrogens (tertiary/aromatic N) is 1. The first kappa shape index (κ1) is 14.4. The molecule has 2 aliphatic carbocycles. The molecule has 20 heavy (non-hydrogen) atoms. The zero-order valence-corrected chi connectivity index (χ0v) is 13.4. The van der Waals surface area contributed by atoms with E-state index < -0.39 is 0 Å². The molecule has 0 spiro atoms. The van der Waals surface area contributed by atoms with Crippen LogP contribution in [-0.2, 0) is 4.79 Å². The van der Waals surface area contributed by atoms with E-state index in [-0.39, 0.29) is 12.2 Å². The van der Waals surface area contributed by atoms with Crippen molar-refractivity contribution in [2.24, 2.45) is 23.7 Å². The van der Waals surface area contributed by atoms with Crippen molar-refractivity contribution in [1.29, 1.82) is 0 Å². The fraction of sp³-hybridized carbons (Fsp3) is 0.941. The number of carbonyl (C=O) groups is 1. The van der Waals surface area contributed by atoms with E-state index in [1.165, 1.54) is 25.7 Å². The van der Waals surface area contributed by atoms with E-state index in [1.807, 2.05) is 0 Å². The van der Waals surface area contributed by atoms with Crippen LogP contribution in [0.1, 0.15) is 59.8 Å². The fourth-order valence-electron chi connectivity index (χ4n) is 4.71. The number of hydrogen-bond donors (Lipinski definition) is 1. The highest BCUT2D eigenvalue weighted by Crippen LogP contribution is 2.48. The van der Waals surface area contributed by atoms with Gasteiger partial charge < -0.3 is 4.90 Å². The van der Waals surface area contributed by atoms with Crippen molar-refractivity contribution < 1.29 is 4.79 Å². The Morgan fingerprint density at radius 2 is 2.00 bits per heavy atom. The van der Waals surface area contributed by atoms with Crippen molar-refractivity contribution in [3.8, 4) is 0 Å². The van der Waals surface area contributed by atoms with Crippen LogP contribution in [0.5, 0.6) is 0 Å². The van der Waals surface area contributed by atoms with Crippen LogP contribution >= 0.6 is 0 Å². The van der Waals surface area contributed by atoms with Gasteiger partial charge in [-0.2, -0.15) is 0 Å². The Balaban J connectivity index is 1.81. The Hall–Kier alpha value is -0.570. The summed E-state index contributed by atoms with van der Waals surface area (Å²) < 4.78 is 0. The SMILES string of the molecule is CCC(C)C1NC(C(C)C)N(C2CC3CCC2C3)C1=O. The predicted molar refractivity (Wildman–Crippen MR) is 81.1 cm³/mol. The van der Waals surface area contributed by atoms with Crippen molar-refractivity contribution in [2.45, 2.75) is 78.0 Å². The smallest absolute Gasteiger partial charge is 0.241 e. The van der Waals surface area contributed by atoms with Gasteiger partial charge in [-0.05, 0) is 42.9 Å². The Labute approximate surface area is 123 Å². The van der Waals surface area contributed by atoms with E-state index in [2.05, 4.69) is 37.9 Å². The third-order valence-electron chi connectivity index (χ3n) is 6.07. The maximum Gasteiger partial charge on any atom is 0.241 e. The molecular weight excluding hydrogens is 248 g/mol. The quantitative estimate of drug-likeness (QED) is 0.857. The van der Waals surface area contributed by atoms with Crippen LogP contribution in [0, 0.1) is 23.7 Å². The van der Waals surface area contributed by atoms with Gasteiger partial charge in [0.25, 0.3) is 0 Å². The van der Waals surface area contributed by atoms with Crippen molar-refractivity contribution in [1.82, 2.24) is 10.2 Å². The Bertz CT molecular complexity index is 381. The molecule has 1 heterocycles.